The summed E-state index contributed by atoms with van der Waals surface area (Å²) in [5.74, 6) is -0.500. The highest BCUT2D eigenvalue weighted by Crippen LogP contribution is 2.07. The molecule has 76 valence electrons. The Morgan fingerprint density at radius 1 is 1.46 bits per heavy atom. The van der Waals surface area contributed by atoms with Crippen molar-refractivity contribution in [2.45, 2.75) is 39.2 Å². The van der Waals surface area contributed by atoms with Gasteiger partial charge in [-0.25, -0.2) is 0 Å². The van der Waals surface area contributed by atoms with Crippen LogP contribution in [0.25, 0.3) is 0 Å². The molecule has 1 unspecified atom stereocenters. The highest BCUT2D eigenvalue weighted by Gasteiger charge is 2.23. The van der Waals surface area contributed by atoms with Gasteiger partial charge in [-0.1, -0.05) is 6.92 Å². The smallest absolute Gasteiger partial charge is 0.227 e. The molecule has 0 aromatic carbocycles. The van der Waals surface area contributed by atoms with Gasteiger partial charge >= 0.3 is 0 Å². The molecule has 13 heavy (non-hydrogen) atoms. The van der Waals surface area contributed by atoms with Crippen LogP contribution < -0.4 is 5.32 Å². The van der Waals surface area contributed by atoms with E-state index in [0.29, 0.717) is 6.42 Å². The summed E-state index contributed by atoms with van der Waals surface area (Å²) in [5.41, 5.74) is -0.605. The van der Waals surface area contributed by atoms with Crippen molar-refractivity contribution in [3.05, 3.63) is 0 Å². The number of hydrogen-bond acceptors (Lipinski definition) is 3. The van der Waals surface area contributed by atoms with Crippen LogP contribution >= 0.6 is 0 Å². The molecule has 0 fully saturated rings. The monoisotopic (exact) mass is 187 g/mol. The van der Waals surface area contributed by atoms with Gasteiger partial charge in [0.15, 0.2) is 0 Å². The quantitative estimate of drug-likeness (QED) is 0.606. The number of amides is 1. The van der Waals surface area contributed by atoms with Crippen LogP contribution in [0.4, 0.5) is 0 Å². The number of aliphatic hydroxyl groups excluding tert-OH is 1. The third kappa shape index (κ3) is 4.62. The Kier molecular flexibility index (Phi) is 4.62. The fourth-order valence-corrected chi connectivity index (χ4v) is 0.847. The van der Waals surface area contributed by atoms with E-state index < -0.39 is 5.54 Å². The zero-order chi connectivity index (χ0) is 10.5. The first kappa shape index (κ1) is 12.1. The van der Waals surface area contributed by atoms with Crippen LogP contribution in [-0.4, -0.2) is 28.9 Å². The van der Waals surface area contributed by atoms with Crippen LogP contribution in [0.15, 0.2) is 0 Å². The number of Topliss-reactive ketones (excluding diaryl/α,β-unsaturated/α-hetero) is 1. The summed E-state index contributed by atoms with van der Waals surface area (Å²) in [5, 5.41) is 11.6. The number of nitrogens with one attached hydrogen (secondary N) is 1. The van der Waals surface area contributed by atoms with E-state index in [1.54, 1.807) is 6.92 Å². The fourth-order valence-electron chi connectivity index (χ4n) is 0.847. The molecule has 0 bridgehead atoms. The van der Waals surface area contributed by atoms with Crippen LogP contribution in [0, 0.1) is 0 Å². The summed E-state index contributed by atoms with van der Waals surface area (Å²) in [6.45, 7) is 4.85. The maximum absolute atomic E-state index is 11.1. The molecule has 0 aliphatic rings. The van der Waals surface area contributed by atoms with E-state index >= 15 is 0 Å². The van der Waals surface area contributed by atoms with E-state index in [1.807, 2.05) is 6.92 Å². The number of carbonyl (C=O) groups excluding carboxylic acids is 2. The average molecular weight is 187 g/mol. The Labute approximate surface area is 78.3 Å². The summed E-state index contributed by atoms with van der Waals surface area (Å²) >= 11 is 0. The van der Waals surface area contributed by atoms with E-state index in [9.17, 15) is 9.59 Å². The van der Waals surface area contributed by atoms with Crippen LogP contribution in [-0.2, 0) is 9.59 Å². The number of rotatable bonds is 5. The van der Waals surface area contributed by atoms with E-state index in [4.69, 9.17) is 5.11 Å². The first-order chi connectivity index (χ1) is 5.93. The third-order valence-corrected chi connectivity index (χ3v) is 1.98. The van der Waals surface area contributed by atoms with Crippen molar-refractivity contribution < 1.29 is 14.7 Å². The van der Waals surface area contributed by atoms with Gasteiger partial charge in [-0.15, -0.1) is 0 Å². The third-order valence-electron chi connectivity index (χ3n) is 1.98. The topological polar surface area (TPSA) is 66.4 Å². The second kappa shape index (κ2) is 4.97. The molecule has 0 aliphatic carbocycles. The molecule has 1 atom stereocenters. The first-order valence-electron chi connectivity index (χ1n) is 4.35. The second-order valence-corrected chi connectivity index (χ2v) is 3.50. The van der Waals surface area contributed by atoms with Gasteiger partial charge in [0, 0.05) is 0 Å². The molecule has 0 aromatic heterocycles. The lowest BCUT2D eigenvalue weighted by Gasteiger charge is -2.26. The van der Waals surface area contributed by atoms with Crippen LogP contribution in [0.2, 0.25) is 0 Å². The minimum Gasteiger partial charge on any atom is -0.394 e. The molecule has 4 heteroatoms. The maximum atomic E-state index is 11.1. The number of hydrogen-bond donors (Lipinski definition) is 2. The summed E-state index contributed by atoms with van der Waals surface area (Å²) in [4.78, 5) is 21.7. The number of ketones is 1. The van der Waals surface area contributed by atoms with Crippen LogP contribution in [0.5, 0.6) is 0 Å². The Balaban J connectivity index is 4.09. The van der Waals surface area contributed by atoms with Crippen molar-refractivity contribution in [3.8, 4) is 0 Å². The highest BCUT2D eigenvalue weighted by atomic mass is 16.3. The molecule has 0 saturated heterocycles. The largest absolute Gasteiger partial charge is 0.394 e. The summed E-state index contributed by atoms with van der Waals surface area (Å²) in [7, 11) is 0. The molecule has 0 rings (SSSR count). The lowest BCUT2D eigenvalue weighted by molar-refractivity contribution is -0.128. The zero-order valence-electron chi connectivity index (χ0n) is 8.39. The van der Waals surface area contributed by atoms with E-state index in [1.165, 1.54) is 6.92 Å². The first-order valence-corrected chi connectivity index (χ1v) is 4.35. The molecule has 0 saturated carbocycles. The molecule has 0 spiro atoms. The lowest BCUT2D eigenvalue weighted by atomic mass is 10.00. The van der Waals surface area contributed by atoms with Gasteiger partial charge in [-0.3, -0.25) is 9.59 Å². The molecular formula is C9H17NO3. The van der Waals surface area contributed by atoms with Crippen molar-refractivity contribution in [1.29, 1.82) is 0 Å². The molecule has 1 amide bonds. The molecule has 0 radical (unpaired) electrons. The molecule has 0 aliphatic heterocycles. The molecule has 0 aromatic rings. The Hall–Kier alpha value is -0.900. The molecular weight excluding hydrogens is 170 g/mol. The lowest BCUT2D eigenvalue weighted by Crippen LogP contribution is -2.48. The van der Waals surface area contributed by atoms with E-state index in [2.05, 4.69) is 5.32 Å². The second-order valence-electron chi connectivity index (χ2n) is 3.50. The van der Waals surface area contributed by atoms with Crippen molar-refractivity contribution in [3.63, 3.8) is 0 Å². The Morgan fingerprint density at radius 2 is 2.00 bits per heavy atom. The van der Waals surface area contributed by atoms with Crippen molar-refractivity contribution >= 4 is 11.7 Å². The van der Waals surface area contributed by atoms with Crippen LogP contribution in [0.3, 0.4) is 0 Å². The standard InChI is InChI=1S/C9H17NO3/c1-4-9(3,6-11)10-8(13)5-7(2)12/h11H,4-6H2,1-3H3,(H,10,13). The SMILES string of the molecule is CCC(C)(CO)NC(=O)CC(C)=O. The molecule has 4 nitrogen and oxygen atoms in total. The Bertz CT molecular complexity index is 197. The Morgan fingerprint density at radius 3 is 2.31 bits per heavy atom. The normalized spacial score (nSPS) is 14.8. The highest BCUT2D eigenvalue weighted by molar-refractivity contribution is 5.97. The van der Waals surface area contributed by atoms with Crippen molar-refractivity contribution in [1.82, 2.24) is 5.32 Å². The summed E-state index contributed by atoms with van der Waals surface area (Å²) < 4.78 is 0. The van der Waals surface area contributed by atoms with Gasteiger partial charge < -0.3 is 10.4 Å². The van der Waals surface area contributed by atoms with Gasteiger partial charge in [-0.2, -0.15) is 0 Å². The van der Waals surface area contributed by atoms with E-state index in [-0.39, 0.29) is 24.7 Å². The van der Waals surface area contributed by atoms with Gasteiger partial charge in [0.05, 0.1) is 18.6 Å². The number of aliphatic hydroxyl groups is 1. The number of carbonyl (C=O) groups is 2. The minimum absolute atomic E-state index is 0.115. The average Bonchev–Trinajstić information content (AvgIpc) is 2.02. The van der Waals surface area contributed by atoms with Gasteiger partial charge in [0.25, 0.3) is 0 Å². The van der Waals surface area contributed by atoms with Gasteiger partial charge in [0.1, 0.15) is 5.78 Å². The summed E-state index contributed by atoms with van der Waals surface area (Å²) in [6.07, 6.45) is 0.517. The maximum Gasteiger partial charge on any atom is 0.227 e. The minimum atomic E-state index is -0.605. The summed E-state index contributed by atoms with van der Waals surface area (Å²) in [6, 6.07) is 0. The molecule has 0 heterocycles. The predicted molar refractivity (Wildman–Crippen MR) is 49.2 cm³/mol. The van der Waals surface area contributed by atoms with E-state index in [0.717, 1.165) is 0 Å². The molecule has 2 N–H and O–H groups in total. The zero-order valence-corrected chi connectivity index (χ0v) is 8.39. The van der Waals surface area contributed by atoms with Crippen molar-refractivity contribution in [2.24, 2.45) is 0 Å². The van der Waals surface area contributed by atoms with Crippen LogP contribution in [0.1, 0.15) is 33.6 Å². The predicted octanol–water partition coefficient (Wildman–Crippen LogP) is 0.243. The fraction of sp³-hybridized carbons (Fsp3) is 0.778. The van der Waals surface area contributed by atoms with Gasteiger partial charge in [-0.05, 0) is 20.3 Å². The van der Waals surface area contributed by atoms with Crippen molar-refractivity contribution in [2.75, 3.05) is 6.61 Å². The van der Waals surface area contributed by atoms with Gasteiger partial charge in [0.2, 0.25) is 5.91 Å².